The smallest absolute Gasteiger partial charge is 0.409 e. The Morgan fingerprint density at radius 1 is 0.786 bits per heavy atom. The summed E-state index contributed by atoms with van der Waals surface area (Å²) in [6, 6.07) is 1.97. The van der Waals surface area contributed by atoms with Gasteiger partial charge in [0.25, 0.3) is 0 Å². The highest BCUT2D eigenvalue weighted by molar-refractivity contribution is 5.68. The van der Waals surface area contributed by atoms with Crippen molar-refractivity contribution in [2.75, 3.05) is 75.4 Å². The summed E-state index contributed by atoms with van der Waals surface area (Å²) in [4.78, 5) is 40.2. The van der Waals surface area contributed by atoms with Gasteiger partial charge in [-0.05, 0) is 13.8 Å². The molecule has 154 valence electrons. The Hall–Kier alpha value is -2.78. The first-order valence-electron chi connectivity index (χ1n) is 9.77. The number of carbonyl (C=O) groups is 2. The van der Waals surface area contributed by atoms with Gasteiger partial charge in [-0.3, -0.25) is 0 Å². The van der Waals surface area contributed by atoms with Gasteiger partial charge >= 0.3 is 12.2 Å². The third-order valence-electron chi connectivity index (χ3n) is 4.90. The Kier molecular flexibility index (Phi) is 6.72. The molecule has 1 aromatic rings. The molecular formula is C18H28N6O4. The van der Waals surface area contributed by atoms with Crippen LogP contribution in [0.15, 0.2) is 12.4 Å². The Labute approximate surface area is 165 Å². The van der Waals surface area contributed by atoms with Crippen LogP contribution in [0.1, 0.15) is 13.8 Å². The van der Waals surface area contributed by atoms with E-state index in [1.807, 2.05) is 19.9 Å². The Morgan fingerprint density at radius 3 is 1.54 bits per heavy atom. The van der Waals surface area contributed by atoms with Crippen molar-refractivity contribution in [2.45, 2.75) is 13.8 Å². The summed E-state index contributed by atoms with van der Waals surface area (Å²) < 4.78 is 10.1. The van der Waals surface area contributed by atoms with E-state index in [1.54, 1.807) is 16.1 Å². The number of piperazine rings is 2. The van der Waals surface area contributed by atoms with E-state index in [4.69, 9.17) is 9.47 Å². The molecule has 0 aliphatic carbocycles. The van der Waals surface area contributed by atoms with E-state index in [2.05, 4.69) is 19.8 Å². The van der Waals surface area contributed by atoms with E-state index in [0.29, 0.717) is 65.6 Å². The van der Waals surface area contributed by atoms with Gasteiger partial charge in [-0.25, -0.2) is 19.6 Å². The standard InChI is InChI=1S/C18H28N6O4/c1-3-27-17(25)23-9-5-21(6-10-23)15-13-16(20-14-19-15)22-7-11-24(12-8-22)18(26)28-4-2/h13-14H,3-12H2,1-2H3. The molecule has 2 saturated heterocycles. The molecule has 3 rings (SSSR count). The van der Waals surface area contributed by atoms with Gasteiger partial charge in [0.1, 0.15) is 18.0 Å². The zero-order valence-electron chi connectivity index (χ0n) is 16.5. The SMILES string of the molecule is CCOC(=O)N1CCN(c2cc(N3CCN(C(=O)OCC)CC3)ncn2)CC1. The van der Waals surface area contributed by atoms with Gasteiger partial charge in [0.05, 0.1) is 13.2 Å². The number of hydrogen-bond acceptors (Lipinski definition) is 8. The molecule has 2 amide bonds. The summed E-state index contributed by atoms with van der Waals surface area (Å²) in [5.74, 6) is 1.70. The molecule has 1 aromatic heterocycles. The van der Waals surface area contributed by atoms with E-state index in [1.165, 1.54) is 0 Å². The second-order valence-electron chi connectivity index (χ2n) is 6.58. The van der Waals surface area contributed by atoms with Crippen LogP contribution in [0.4, 0.5) is 21.2 Å². The number of rotatable bonds is 4. The van der Waals surface area contributed by atoms with Crippen molar-refractivity contribution >= 4 is 23.8 Å². The molecule has 10 nitrogen and oxygen atoms in total. The number of hydrogen-bond donors (Lipinski definition) is 0. The lowest BCUT2D eigenvalue weighted by Crippen LogP contribution is -2.50. The second kappa shape index (κ2) is 9.43. The lowest BCUT2D eigenvalue weighted by atomic mass is 10.3. The van der Waals surface area contributed by atoms with Crippen LogP contribution in [0, 0.1) is 0 Å². The van der Waals surface area contributed by atoms with Crippen molar-refractivity contribution in [1.29, 1.82) is 0 Å². The van der Waals surface area contributed by atoms with Gasteiger partial charge in [-0.1, -0.05) is 0 Å². The lowest BCUT2D eigenvalue weighted by molar-refractivity contribution is 0.104. The molecule has 2 aliphatic heterocycles. The molecule has 2 aliphatic rings. The first-order chi connectivity index (χ1) is 13.6. The number of nitrogens with zero attached hydrogens (tertiary/aromatic N) is 6. The molecule has 0 spiro atoms. The summed E-state index contributed by atoms with van der Waals surface area (Å²) in [5.41, 5.74) is 0. The van der Waals surface area contributed by atoms with E-state index >= 15 is 0 Å². The first-order valence-corrected chi connectivity index (χ1v) is 9.77. The number of carbonyl (C=O) groups excluding carboxylic acids is 2. The van der Waals surface area contributed by atoms with Crippen molar-refractivity contribution in [1.82, 2.24) is 19.8 Å². The van der Waals surface area contributed by atoms with Gasteiger partial charge in [-0.2, -0.15) is 0 Å². The predicted molar refractivity (Wildman–Crippen MR) is 104 cm³/mol. The van der Waals surface area contributed by atoms with Crippen LogP contribution in [-0.2, 0) is 9.47 Å². The summed E-state index contributed by atoms with van der Waals surface area (Å²) in [6.45, 7) is 9.62. The molecule has 0 aromatic carbocycles. The Balaban J connectivity index is 1.55. The number of aromatic nitrogens is 2. The van der Waals surface area contributed by atoms with Crippen LogP contribution in [0.3, 0.4) is 0 Å². The van der Waals surface area contributed by atoms with Gasteiger partial charge in [-0.15, -0.1) is 0 Å². The largest absolute Gasteiger partial charge is 0.450 e. The normalized spacial score (nSPS) is 17.5. The van der Waals surface area contributed by atoms with Gasteiger partial charge in [0, 0.05) is 58.4 Å². The summed E-state index contributed by atoms with van der Waals surface area (Å²) in [6.07, 6.45) is 1.05. The van der Waals surface area contributed by atoms with Crippen LogP contribution in [0.25, 0.3) is 0 Å². The third kappa shape index (κ3) is 4.73. The molecule has 0 bridgehead atoms. The highest BCUT2D eigenvalue weighted by Crippen LogP contribution is 2.20. The lowest BCUT2D eigenvalue weighted by Gasteiger charge is -2.36. The minimum absolute atomic E-state index is 0.259. The monoisotopic (exact) mass is 392 g/mol. The van der Waals surface area contributed by atoms with Crippen molar-refractivity contribution in [3.05, 3.63) is 12.4 Å². The quantitative estimate of drug-likeness (QED) is 0.750. The average Bonchev–Trinajstić information content (AvgIpc) is 2.74. The van der Waals surface area contributed by atoms with E-state index in [-0.39, 0.29) is 12.2 Å². The molecule has 0 radical (unpaired) electrons. The van der Waals surface area contributed by atoms with Gasteiger partial charge < -0.3 is 29.1 Å². The highest BCUT2D eigenvalue weighted by atomic mass is 16.6. The van der Waals surface area contributed by atoms with Gasteiger partial charge in [0.15, 0.2) is 0 Å². The minimum Gasteiger partial charge on any atom is -0.450 e. The second-order valence-corrected chi connectivity index (χ2v) is 6.58. The summed E-state index contributed by atoms with van der Waals surface area (Å²) in [5, 5.41) is 0. The molecule has 0 atom stereocenters. The molecular weight excluding hydrogens is 364 g/mol. The number of anilines is 2. The van der Waals surface area contributed by atoms with E-state index < -0.39 is 0 Å². The fourth-order valence-electron chi connectivity index (χ4n) is 3.35. The zero-order chi connectivity index (χ0) is 19.9. The third-order valence-corrected chi connectivity index (χ3v) is 4.90. The summed E-state index contributed by atoms with van der Waals surface area (Å²) in [7, 11) is 0. The maximum atomic E-state index is 11.8. The fourth-order valence-corrected chi connectivity index (χ4v) is 3.35. The predicted octanol–water partition coefficient (Wildman–Crippen LogP) is 1.03. The fraction of sp³-hybridized carbons (Fsp3) is 0.667. The van der Waals surface area contributed by atoms with Crippen LogP contribution < -0.4 is 9.80 Å². The molecule has 0 N–H and O–H groups in total. The van der Waals surface area contributed by atoms with Crippen LogP contribution in [-0.4, -0.2) is 97.5 Å². The van der Waals surface area contributed by atoms with Crippen LogP contribution >= 0.6 is 0 Å². The maximum Gasteiger partial charge on any atom is 0.409 e. The van der Waals surface area contributed by atoms with Crippen LogP contribution in [0.2, 0.25) is 0 Å². The Morgan fingerprint density at radius 2 is 1.18 bits per heavy atom. The highest BCUT2D eigenvalue weighted by Gasteiger charge is 2.25. The first kappa shape index (κ1) is 20.0. The number of amides is 2. The molecule has 0 saturated carbocycles. The molecule has 2 fully saturated rings. The van der Waals surface area contributed by atoms with Crippen molar-refractivity contribution < 1.29 is 19.1 Å². The van der Waals surface area contributed by atoms with Crippen molar-refractivity contribution in [3.63, 3.8) is 0 Å². The molecule has 28 heavy (non-hydrogen) atoms. The summed E-state index contributed by atoms with van der Waals surface area (Å²) >= 11 is 0. The van der Waals surface area contributed by atoms with E-state index in [9.17, 15) is 9.59 Å². The molecule has 0 unspecified atom stereocenters. The molecule has 3 heterocycles. The van der Waals surface area contributed by atoms with Crippen LogP contribution in [0.5, 0.6) is 0 Å². The van der Waals surface area contributed by atoms with Gasteiger partial charge in [0.2, 0.25) is 0 Å². The maximum absolute atomic E-state index is 11.8. The zero-order valence-corrected chi connectivity index (χ0v) is 16.5. The van der Waals surface area contributed by atoms with Crippen molar-refractivity contribution in [3.8, 4) is 0 Å². The number of ether oxygens (including phenoxy) is 2. The Bertz CT molecular complexity index is 619. The molecule has 10 heteroatoms. The van der Waals surface area contributed by atoms with E-state index in [0.717, 1.165) is 11.6 Å². The van der Waals surface area contributed by atoms with Crippen molar-refractivity contribution in [2.24, 2.45) is 0 Å². The average molecular weight is 392 g/mol. The minimum atomic E-state index is -0.259. The topological polar surface area (TPSA) is 91.3 Å².